The molecule has 3 rings (SSSR count). The third kappa shape index (κ3) is 2.19. The highest BCUT2D eigenvalue weighted by atomic mass is 15.0. The Bertz CT molecular complexity index is 610. The highest BCUT2D eigenvalue weighted by Gasteiger charge is 2.32. The van der Waals surface area contributed by atoms with Crippen LogP contribution in [0.5, 0.6) is 0 Å². The van der Waals surface area contributed by atoms with Crippen LogP contribution >= 0.6 is 0 Å². The normalized spacial score (nSPS) is 21.2. The van der Waals surface area contributed by atoms with Gasteiger partial charge in [-0.3, -0.25) is 4.98 Å². The summed E-state index contributed by atoms with van der Waals surface area (Å²) in [6.45, 7) is 6.66. The fraction of sp³-hybridized carbons (Fsp3) is 0.438. The van der Waals surface area contributed by atoms with E-state index in [-0.39, 0.29) is 11.5 Å². The SMILES string of the molecule is Cc1cncc(-n2ccc3c2CC(C)(C)CC3N)c1. The molecule has 1 aliphatic carbocycles. The molecule has 3 nitrogen and oxygen atoms in total. The van der Waals surface area contributed by atoms with Gasteiger partial charge < -0.3 is 10.3 Å². The average Bonchev–Trinajstić information content (AvgIpc) is 2.71. The van der Waals surface area contributed by atoms with Crippen LogP contribution in [0.25, 0.3) is 5.69 Å². The van der Waals surface area contributed by atoms with Crippen LogP contribution in [0.1, 0.15) is 43.1 Å². The first-order valence-electron chi connectivity index (χ1n) is 6.84. The highest BCUT2D eigenvalue weighted by Crippen LogP contribution is 2.40. The molecule has 0 amide bonds. The first kappa shape index (κ1) is 12.4. The lowest BCUT2D eigenvalue weighted by molar-refractivity contribution is 0.278. The Balaban J connectivity index is 2.11. The minimum atomic E-state index is 0.151. The van der Waals surface area contributed by atoms with E-state index < -0.39 is 0 Å². The summed E-state index contributed by atoms with van der Waals surface area (Å²) in [6, 6.07) is 4.48. The quantitative estimate of drug-likeness (QED) is 0.850. The van der Waals surface area contributed by atoms with Gasteiger partial charge in [-0.05, 0) is 48.4 Å². The van der Waals surface area contributed by atoms with Crippen molar-refractivity contribution in [3.63, 3.8) is 0 Å². The molecule has 2 N–H and O–H groups in total. The van der Waals surface area contributed by atoms with Gasteiger partial charge in [-0.15, -0.1) is 0 Å². The summed E-state index contributed by atoms with van der Waals surface area (Å²) < 4.78 is 2.25. The summed E-state index contributed by atoms with van der Waals surface area (Å²) in [4.78, 5) is 4.29. The Hall–Kier alpha value is -1.61. The molecule has 1 atom stereocenters. The number of aromatic nitrogens is 2. The molecule has 0 radical (unpaired) electrons. The van der Waals surface area contributed by atoms with Crippen molar-refractivity contribution in [3.05, 3.63) is 47.5 Å². The second kappa shape index (κ2) is 4.20. The third-order valence-corrected chi connectivity index (χ3v) is 3.98. The zero-order chi connectivity index (χ0) is 13.6. The molecule has 100 valence electrons. The number of hydrogen-bond donors (Lipinski definition) is 1. The summed E-state index contributed by atoms with van der Waals surface area (Å²) in [5, 5.41) is 0. The predicted octanol–water partition coefficient (Wildman–Crippen LogP) is 3.15. The van der Waals surface area contributed by atoms with Crippen molar-refractivity contribution in [1.82, 2.24) is 9.55 Å². The maximum Gasteiger partial charge on any atom is 0.0638 e. The van der Waals surface area contributed by atoms with Crippen molar-refractivity contribution in [2.24, 2.45) is 11.1 Å². The van der Waals surface area contributed by atoms with Gasteiger partial charge in [0.1, 0.15) is 0 Å². The van der Waals surface area contributed by atoms with Gasteiger partial charge in [-0.1, -0.05) is 13.8 Å². The third-order valence-electron chi connectivity index (χ3n) is 3.98. The second-order valence-electron chi connectivity index (χ2n) is 6.46. The van der Waals surface area contributed by atoms with Crippen molar-refractivity contribution in [2.45, 2.75) is 39.7 Å². The van der Waals surface area contributed by atoms with Gasteiger partial charge in [-0.2, -0.15) is 0 Å². The smallest absolute Gasteiger partial charge is 0.0638 e. The lowest BCUT2D eigenvalue weighted by Crippen LogP contribution is -2.30. The molecule has 0 fully saturated rings. The van der Waals surface area contributed by atoms with E-state index in [1.54, 1.807) is 0 Å². The molecule has 0 spiro atoms. The van der Waals surface area contributed by atoms with Crippen molar-refractivity contribution in [2.75, 3.05) is 0 Å². The number of rotatable bonds is 1. The molecule has 0 aliphatic heterocycles. The van der Waals surface area contributed by atoms with Crippen LogP contribution in [-0.4, -0.2) is 9.55 Å². The first-order valence-corrected chi connectivity index (χ1v) is 6.84. The van der Waals surface area contributed by atoms with Crippen LogP contribution in [0.2, 0.25) is 0 Å². The second-order valence-corrected chi connectivity index (χ2v) is 6.46. The van der Waals surface area contributed by atoms with Gasteiger partial charge >= 0.3 is 0 Å². The largest absolute Gasteiger partial charge is 0.324 e. The molecular formula is C16H21N3. The van der Waals surface area contributed by atoms with Crippen LogP contribution < -0.4 is 5.73 Å². The summed E-state index contributed by atoms with van der Waals surface area (Å²) in [7, 11) is 0. The van der Waals surface area contributed by atoms with Crippen molar-refractivity contribution in [1.29, 1.82) is 0 Å². The highest BCUT2D eigenvalue weighted by molar-refractivity contribution is 5.40. The number of hydrogen-bond acceptors (Lipinski definition) is 2. The van der Waals surface area contributed by atoms with Gasteiger partial charge in [-0.25, -0.2) is 0 Å². The molecule has 1 unspecified atom stereocenters. The Kier molecular flexibility index (Phi) is 2.75. The van der Waals surface area contributed by atoms with Crippen molar-refractivity contribution in [3.8, 4) is 5.69 Å². The van der Waals surface area contributed by atoms with E-state index in [9.17, 15) is 0 Å². The van der Waals surface area contributed by atoms with E-state index in [1.165, 1.54) is 16.8 Å². The van der Waals surface area contributed by atoms with E-state index >= 15 is 0 Å². The van der Waals surface area contributed by atoms with Gasteiger partial charge in [0.15, 0.2) is 0 Å². The molecule has 0 bridgehead atoms. The summed E-state index contributed by atoms with van der Waals surface area (Å²) in [6.07, 6.45) is 8.05. The van der Waals surface area contributed by atoms with Crippen molar-refractivity contribution >= 4 is 0 Å². The summed E-state index contributed by atoms with van der Waals surface area (Å²) in [5.74, 6) is 0. The Morgan fingerprint density at radius 1 is 1.37 bits per heavy atom. The monoisotopic (exact) mass is 255 g/mol. The minimum Gasteiger partial charge on any atom is -0.324 e. The number of nitrogens with two attached hydrogens (primary N) is 1. The van der Waals surface area contributed by atoms with Crippen LogP contribution in [0, 0.1) is 12.3 Å². The van der Waals surface area contributed by atoms with Crippen LogP contribution in [0.4, 0.5) is 0 Å². The van der Waals surface area contributed by atoms with E-state index in [0.717, 1.165) is 18.5 Å². The molecular weight excluding hydrogens is 234 g/mol. The maximum atomic E-state index is 6.31. The van der Waals surface area contributed by atoms with E-state index in [1.807, 2.05) is 12.4 Å². The van der Waals surface area contributed by atoms with Gasteiger partial charge in [0.25, 0.3) is 0 Å². The van der Waals surface area contributed by atoms with Gasteiger partial charge in [0, 0.05) is 24.1 Å². The molecule has 1 aliphatic rings. The number of pyridine rings is 1. The first-order chi connectivity index (χ1) is 8.96. The lowest BCUT2D eigenvalue weighted by atomic mass is 9.74. The molecule has 2 aromatic heterocycles. The predicted molar refractivity (Wildman–Crippen MR) is 77.3 cm³/mol. The molecule has 0 saturated carbocycles. The molecule has 0 saturated heterocycles. The topological polar surface area (TPSA) is 43.8 Å². The Morgan fingerprint density at radius 2 is 2.16 bits per heavy atom. The molecule has 0 aromatic carbocycles. The number of aryl methyl sites for hydroxylation is 1. The number of nitrogens with zero attached hydrogens (tertiary/aromatic N) is 2. The van der Waals surface area contributed by atoms with E-state index in [0.29, 0.717) is 0 Å². The molecule has 2 aromatic rings. The van der Waals surface area contributed by atoms with Crippen LogP contribution in [0.15, 0.2) is 30.7 Å². The fourth-order valence-electron chi connectivity index (χ4n) is 3.15. The zero-order valence-electron chi connectivity index (χ0n) is 11.9. The average molecular weight is 255 g/mol. The lowest BCUT2D eigenvalue weighted by Gasteiger charge is -2.34. The van der Waals surface area contributed by atoms with E-state index in [4.69, 9.17) is 5.73 Å². The summed E-state index contributed by atoms with van der Waals surface area (Å²) >= 11 is 0. The fourth-order valence-corrected chi connectivity index (χ4v) is 3.15. The zero-order valence-corrected chi connectivity index (χ0v) is 11.9. The van der Waals surface area contributed by atoms with E-state index in [2.05, 4.69) is 48.7 Å². The number of fused-ring (bicyclic) bond motifs is 1. The summed E-state index contributed by atoms with van der Waals surface area (Å²) in [5.41, 5.74) is 11.5. The molecule has 19 heavy (non-hydrogen) atoms. The maximum absolute atomic E-state index is 6.31. The van der Waals surface area contributed by atoms with Gasteiger partial charge in [0.05, 0.1) is 11.9 Å². The van der Waals surface area contributed by atoms with Crippen molar-refractivity contribution < 1.29 is 0 Å². The Labute approximate surface area is 114 Å². The minimum absolute atomic E-state index is 0.151. The Morgan fingerprint density at radius 3 is 2.89 bits per heavy atom. The van der Waals surface area contributed by atoms with Gasteiger partial charge in [0.2, 0.25) is 0 Å². The van der Waals surface area contributed by atoms with Crippen LogP contribution in [-0.2, 0) is 6.42 Å². The van der Waals surface area contributed by atoms with Crippen LogP contribution in [0.3, 0.4) is 0 Å². The molecule has 2 heterocycles. The standard InChI is InChI=1S/C16H21N3/c1-11-6-12(10-18-9-11)19-5-4-13-14(17)7-16(2,3)8-15(13)19/h4-6,9-10,14H,7-8,17H2,1-3H3. The molecule has 3 heteroatoms.